The normalized spacial score (nSPS) is 11.6. The van der Waals surface area contributed by atoms with E-state index in [1.165, 1.54) is 0 Å². The van der Waals surface area contributed by atoms with E-state index in [0.29, 0.717) is 22.3 Å². The van der Waals surface area contributed by atoms with Crippen LogP contribution in [0.4, 0.5) is 0 Å². The van der Waals surface area contributed by atoms with Crippen molar-refractivity contribution in [2.45, 2.75) is 0 Å². The molecule has 7 rings (SSSR count). The van der Waals surface area contributed by atoms with Crippen molar-refractivity contribution in [3.63, 3.8) is 0 Å². The van der Waals surface area contributed by atoms with Crippen molar-refractivity contribution in [3.05, 3.63) is 144 Å². The van der Waals surface area contributed by atoms with Gasteiger partial charge >= 0.3 is 0 Å². The minimum atomic E-state index is -0.000673. The van der Waals surface area contributed by atoms with Gasteiger partial charge in [-0.1, -0.05) is 103 Å². The Morgan fingerprint density at radius 1 is 0.389 bits per heavy atom. The lowest BCUT2D eigenvalue weighted by Gasteiger charge is -2.15. The maximum Gasteiger partial charge on any atom is 0.193 e. The Labute approximate surface area is 207 Å². The third-order valence-corrected chi connectivity index (χ3v) is 7.20. The van der Waals surface area contributed by atoms with Gasteiger partial charge in [-0.2, -0.15) is 0 Å². The van der Waals surface area contributed by atoms with E-state index in [1.54, 1.807) is 0 Å². The van der Waals surface area contributed by atoms with Crippen molar-refractivity contribution in [2.24, 2.45) is 0 Å². The number of carbonyl (C=O) groups is 2. The van der Waals surface area contributed by atoms with E-state index in [9.17, 15) is 9.59 Å². The maximum atomic E-state index is 13.7. The zero-order valence-electron chi connectivity index (χ0n) is 19.4. The lowest BCUT2D eigenvalue weighted by molar-refractivity contribution is 0.103. The number of ketones is 2. The van der Waals surface area contributed by atoms with Crippen molar-refractivity contribution in [2.75, 3.05) is 0 Å². The number of carbonyl (C=O) groups excluding carboxylic acids is 2. The molecule has 0 fully saturated rings. The molecule has 0 saturated heterocycles. The summed E-state index contributed by atoms with van der Waals surface area (Å²) in [4.78, 5) is 27.1. The first kappa shape index (κ1) is 20.5. The van der Waals surface area contributed by atoms with Crippen LogP contribution in [0.5, 0.6) is 0 Å². The van der Waals surface area contributed by atoms with E-state index in [2.05, 4.69) is 12.1 Å². The molecular formula is C34H20O2. The summed E-state index contributed by atoms with van der Waals surface area (Å²) in [6.07, 6.45) is 0. The molecule has 0 aliphatic carbocycles. The molecular weight excluding hydrogens is 440 g/mol. The molecule has 0 unspecified atom stereocenters. The van der Waals surface area contributed by atoms with Crippen LogP contribution in [0.15, 0.2) is 121 Å². The second-order valence-electron chi connectivity index (χ2n) is 9.23. The molecule has 0 heterocycles. The van der Waals surface area contributed by atoms with E-state index in [1.807, 2.05) is 109 Å². The molecule has 0 saturated carbocycles. The van der Waals surface area contributed by atoms with Gasteiger partial charge < -0.3 is 0 Å². The highest BCUT2D eigenvalue weighted by Crippen LogP contribution is 2.38. The van der Waals surface area contributed by atoms with Gasteiger partial charge in [0.25, 0.3) is 0 Å². The molecule has 0 atom stereocenters. The third-order valence-electron chi connectivity index (χ3n) is 7.20. The highest BCUT2D eigenvalue weighted by Gasteiger charge is 2.20. The largest absolute Gasteiger partial charge is 0.289 e. The fourth-order valence-electron chi connectivity index (χ4n) is 5.43. The van der Waals surface area contributed by atoms with Crippen LogP contribution in [-0.4, -0.2) is 11.6 Å². The Balaban J connectivity index is 1.45. The molecule has 0 aromatic heterocycles. The molecule has 7 aromatic rings. The molecule has 0 spiro atoms. The second kappa shape index (κ2) is 7.86. The van der Waals surface area contributed by atoms with Crippen molar-refractivity contribution >= 4 is 54.7 Å². The zero-order valence-corrected chi connectivity index (χ0v) is 19.4. The van der Waals surface area contributed by atoms with E-state index in [4.69, 9.17) is 0 Å². The summed E-state index contributed by atoms with van der Waals surface area (Å²) >= 11 is 0. The van der Waals surface area contributed by atoms with Crippen molar-refractivity contribution < 1.29 is 9.59 Å². The lowest BCUT2D eigenvalue weighted by atomic mass is 9.87. The quantitative estimate of drug-likeness (QED) is 0.196. The van der Waals surface area contributed by atoms with Gasteiger partial charge in [0.2, 0.25) is 0 Å². The molecule has 0 N–H and O–H groups in total. The fraction of sp³-hybridized carbons (Fsp3) is 0. The van der Waals surface area contributed by atoms with Crippen LogP contribution in [0.2, 0.25) is 0 Å². The van der Waals surface area contributed by atoms with E-state index < -0.39 is 0 Å². The number of hydrogen-bond acceptors (Lipinski definition) is 2. The van der Waals surface area contributed by atoms with E-state index >= 15 is 0 Å². The molecule has 2 heteroatoms. The van der Waals surface area contributed by atoms with Crippen LogP contribution in [0.1, 0.15) is 31.8 Å². The van der Waals surface area contributed by atoms with Crippen LogP contribution < -0.4 is 0 Å². The van der Waals surface area contributed by atoms with Gasteiger partial charge in [0.05, 0.1) is 0 Å². The highest BCUT2D eigenvalue weighted by molar-refractivity contribution is 6.31. The molecule has 2 nitrogen and oxygen atoms in total. The van der Waals surface area contributed by atoms with Crippen LogP contribution in [0.25, 0.3) is 43.1 Å². The summed E-state index contributed by atoms with van der Waals surface area (Å²) in [5, 5.41) is 8.15. The summed E-state index contributed by atoms with van der Waals surface area (Å²) in [6.45, 7) is 0. The van der Waals surface area contributed by atoms with Crippen LogP contribution in [-0.2, 0) is 0 Å². The standard InChI is InChI=1S/C34H20O2/c35-33(24-7-2-1-3-8-24)29-18-14-22-13-17-28-30(19-15-23-12-16-27(29)31(22)32(23)28)34(36)26-11-10-21-6-4-5-9-25(21)20-26/h1-20H. The Hall–Kier alpha value is -4.82. The topological polar surface area (TPSA) is 34.1 Å². The maximum absolute atomic E-state index is 13.7. The first-order valence-corrected chi connectivity index (χ1v) is 12.0. The third kappa shape index (κ3) is 3.05. The number of fused-ring (bicyclic) bond motifs is 1. The van der Waals surface area contributed by atoms with Gasteiger partial charge in [0.1, 0.15) is 0 Å². The van der Waals surface area contributed by atoms with Crippen molar-refractivity contribution in [1.82, 2.24) is 0 Å². The smallest absolute Gasteiger partial charge is 0.193 e. The van der Waals surface area contributed by atoms with Crippen molar-refractivity contribution in [1.29, 1.82) is 0 Å². The second-order valence-corrected chi connectivity index (χ2v) is 9.23. The monoisotopic (exact) mass is 460 g/mol. The average molecular weight is 461 g/mol. The van der Waals surface area contributed by atoms with Gasteiger partial charge in [-0.3, -0.25) is 9.59 Å². The molecule has 0 radical (unpaired) electrons. The highest BCUT2D eigenvalue weighted by atomic mass is 16.1. The molecule has 0 amide bonds. The van der Waals surface area contributed by atoms with Crippen LogP contribution >= 0.6 is 0 Å². The minimum Gasteiger partial charge on any atom is -0.289 e. The zero-order chi connectivity index (χ0) is 24.2. The molecule has 0 aliphatic rings. The van der Waals surface area contributed by atoms with E-state index in [-0.39, 0.29) is 11.6 Å². The van der Waals surface area contributed by atoms with Gasteiger partial charge in [0, 0.05) is 22.3 Å². The first-order chi connectivity index (χ1) is 17.7. The van der Waals surface area contributed by atoms with Gasteiger partial charge in [0.15, 0.2) is 11.6 Å². The lowest BCUT2D eigenvalue weighted by Crippen LogP contribution is -2.04. The van der Waals surface area contributed by atoms with Gasteiger partial charge in [-0.25, -0.2) is 0 Å². The number of hydrogen-bond donors (Lipinski definition) is 0. The van der Waals surface area contributed by atoms with Crippen molar-refractivity contribution in [3.8, 4) is 0 Å². The van der Waals surface area contributed by atoms with Crippen LogP contribution in [0, 0.1) is 0 Å². The first-order valence-electron chi connectivity index (χ1n) is 12.0. The van der Waals surface area contributed by atoms with Gasteiger partial charge in [-0.15, -0.1) is 0 Å². The molecule has 0 aliphatic heterocycles. The summed E-state index contributed by atoms with van der Waals surface area (Å²) in [7, 11) is 0. The number of benzene rings is 7. The molecule has 7 aromatic carbocycles. The Morgan fingerprint density at radius 2 is 0.889 bits per heavy atom. The molecule has 36 heavy (non-hydrogen) atoms. The van der Waals surface area contributed by atoms with Crippen LogP contribution in [0.3, 0.4) is 0 Å². The molecule has 168 valence electrons. The summed E-state index contributed by atoms with van der Waals surface area (Å²) in [6, 6.07) is 39.3. The number of rotatable bonds is 4. The average Bonchev–Trinajstić information content (AvgIpc) is 2.95. The summed E-state index contributed by atoms with van der Waals surface area (Å²) in [5.41, 5.74) is 2.68. The predicted octanol–water partition coefficient (Wildman–Crippen LogP) is 8.20. The summed E-state index contributed by atoms with van der Waals surface area (Å²) < 4.78 is 0. The van der Waals surface area contributed by atoms with E-state index in [0.717, 1.165) is 43.1 Å². The Bertz CT molecular complexity index is 1970. The fourth-order valence-corrected chi connectivity index (χ4v) is 5.43. The minimum absolute atomic E-state index is 0.000673. The predicted molar refractivity (Wildman–Crippen MR) is 147 cm³/mol. The van der Waals surface area contributed by atoms with Gasteiger partial charge in [-0.05, 0) is 61.3 Å². The summed E-state index contributed by atoms with van der Waals surface area (Å²) in [5.74, 6) is 0.000250. The molecule has 0 bridgehead atoms. The SMILES string of the molecule is O=C(c1ccccc1)c1ccc2ccc3c(C(=O)c4ccc5ccccc5c4)ccc4ccc1c2c43. The Kier molecular flexibility index (Phi) is 4.49. The Morgan fingerprint density at radius 3 is 1.53 bits per heavy atom.